The zero-order valence-corrected chi connectivity index (χ0v) is 17.3. The minimum atomic E-state index is -0.215. The Morgan fingerprint density at radius 3 is 2.59 bits per heavy atom. The van der Waals surface area contributed by atoms with Crippen LogP contribution in [0.4, 0.5) is 0 Å². The first-order chi connectivity index (χ1) is 14.1. The van der Waals surface area contributed by atoms with E-state index >= 15 is 0 Å². The molecule has 0 saturated carbocycles. The molecule has 0 aromatic heterocycles. The average molecular weight is 399 g/mol. The lowest BCUT2D eigenvalue weighted by atomic mass is 10.1. The van der Waals surface area contributed by atoms with E-state index in [0.29, 0.717) is 31.3 Å². The maximum Gasteiger partial charge on any atom is 0.258 e. The molecule has 6 heteroatoms. The van der Waals surface area contributed by atoms with Crippen molar-refractivity contribution in [2.75, 3.05) is 19.8 Å². The molecule has 1 aliphatic rings. The highest BCUT2D eigenvalue weighted by Gasteiger charge is 2.22. The third-order valence-electron chi connectivity index (χ3n) is 4.52. The van der Waals surface area contributed by atoms with E-state index in [0.717, 1.165) is 35.5 Å². The highest BCUT2D eigenvalue weighted by molar-refractivity contribution is 5.77. The zero-order valence-electron chi connectivity index (χ0n) is 17.3. The molecule has 1 amide bonds. The van der Waals surface area contributed by atoms with E-state index in [1.54, 1.807) is 6.07 Å². The van der Waals surface area contributed by atoms with Gasteiger partial charge in [-0.15, -0.1) is 0 Å². The Morgan fingerprint density at radius 2 is 1.86 bits per heavy atom. The molecule has 1 atom stereocenters. The van der Waals surface area contributed by atoms with Crippen LogP contribution in [0.15, 0.2) is 36.4 Å². The van der Waals surface area contributed by atoms with E-state index < -0.39 is 0 Å². The lowest BCUT2D eigenvalue weighted by molar-refractivity contribution is -0.123. The fourth-order valence-corrected chi connectivity index (χ4v) is 3.20. The first-order valence-corrected chi connectivity index (χ1v) is 10.2. The fraction of sp³-hybridized carbons (Fsp3) is 0.435. The van der Waals surface area contributed by atoms with Crippen LogP contribution < -0.4 is 24.3 Å². The van der Waals surface area contributed by atoms with Crippen molar-refractivity contribution in [3.8, 4) is 23.0 Å². The molecule has 0 fully saturated rings. The van der Waals surface area contributed by atoms with Crippen molar-refractivity contribution < 1.29 is 23.7 Å². The first kappa shape index (κ1) is 20.8. The molecule has 156 valence electrons. The van der Waals surface area contributed by atoms with Crippen molar-refractivity contribution in [2.24, 2.45) is 0 Å². The van der Waals surface area contributed by atoms with Crippen molar-refractivity contribution in [1.82, 2.24) is 5.32 Å². The summed E-state index contributed by atoms with van der Waals surface area (Å²) in [5.74, 6) is 2.64. The number of hydrogen-bond acceptors (Lipinski definition) is 5. The van der Waals surface area contributed by atoms with E-state index in [1.807, 2.05) is 51.1 Å². The topological polar surface area (TPSA) is 66.0 Å². The van der Waals surface area contributed by atoms with Crippen LogP contribution in [0.5, 0.6) is 23.0 Å². The van der Waals surface area contributed by atoms with Gasteiger partial charge in [0.25, 0.3) is 5.91 Å². The highest BCUT2D eigenvalue weighted by atomic mass is 16.5. The quantitative estimate of drug-likeness (QED) is 0.657. The molecular weight excluding hydrogens is 370 g/mol. The van der Waals surface area contributed by atoms with Gasteiger partial charge in [0.15, 0.2) is 18.1 Å². The molecule has 29 heavy (non-hydrogen) atoms. The number of benzene rings is 2. The van der Waals surface area contributed by atoms with Crippen LogP contribution in [-0.4, -0.2) is 31.8 Å². The minimum absolute atomic E-state index is 0.0884. The van der Waals surface area contributed by atoms with Gasteiger partial charge < -0.3 is 24.3 Å². The molecule has 0 bridgehead atoms. The normalized spacial score (nSPS) is 14.7. The monoisotopic (exact) mass is 399 g/mol. The van der Waals surface area contributed by atoms with Crippen molar-refractivity contribution in [2.45, 2.75) is 46.3 Å². The average Bonchev–Trinajstić information content (AvgIpc) is 3.08. The number of para-hydroxylation sites is 2. The molecule has 1 N–H and O–H groups in total. The Kier molecular flexibility index (Phi) is 7.22. The largest absolute Gasteiger partial charge is 0.494 e. The number of fused-ring (bicyclic) bond motifs is 1. The van der Waals surface area contributed by atoms with Crippen LogP contribution in [0.25, 0.3) is 0 Å². The van der Waals surface area contributed by atoms with Crippen LogP contribution in [0.1, 0.15) is 38.3 Å². The molecule has 0 saturated heterocycles. The molecule has 3 rings (SSSR count). The number of amides is 1. The summed E-state index contributed by atoms with van der Waals surface area (Å²) in [4.78, 5) is 12.3. The van der Waals surface area contributed by atoms with Crippen molar-refractivity contribution in [3.63, 3.8) is 0 Å². The van der Waals surface area contributed by atoms with Crippen LogP contribution >= 0.6 is 0 Å². The maximum absolute atomic E-state index is 12.3. The van der Waals surface area contributed by atoms with Crippen LogP contribution in [-0.2, 0) is 17.8 Å². The summed E-state index contributed by atoms with van der Waals surface area (Å²) in [6, 6.07) is 11.3. The summed E-state index contributed by atoms with van der Waals surface area (Å²) >= 11 is 0. The summed E-state index contributed by atoms with van der Waals surface area (Å²) in [6.07, 6.45) is 1.93. The minimum Gasteiger partial charge on any atom is -0.494 e. The second kappa shape index (κ2) is 10.0. The van der Waals surface area contributed by atoms with E-state index in [-0.39, 0.29) is 18.6 Å². The van der Waals surface area contributed by atoms with Gasteiger partial charge in [0.1, 0.15) is 17.6 Å². The number of rotatable bonds is 10. The van der Waals surface area contributed by atoms with Gasteiger partial charge in [-0.3, -0.25) is 4.79 Å². The molecule has 0 unspecified atom stereocenters. The van der Waals surface area contributed by atoms with Gasteiger partial charge in [0.2, 0.25) is 0 Å². The van der Waals surface area contributed by atoms with E-state index in [1.165, 1.54) is 0 Å². The summed E-state index contributed by atoms with van der Waals surface area (Å²) in [5, 5.41) is 2.89. The van der Waals surface area contributed by atoms with E-state index in [4.69, 9.17) is 18.9 Å². The number of carbonyl (C=O) groups is 1. The Hall–Kier alpha value is -2.89. The number of nitrogens with one attached hydrogen (secondary N) is 1. The molecule has 0 aliphatic carbocycles. The molecule has 2 aromatic rings. The fourth-order valence-electron chi connectivity index (χ4n) is 3.20. The standard InChI is InChI=1S/C23H29NO5/c1-4-10-27-19-8-6-7-9-20(19)28-15-23(25)24-14-18-13-22-17(11-16(3)29-22)12-21(18)26-5-2/h6-9,12-13,16H,4-5,10-11,14-15H2,1-3H3,(H,24,25)/t16-/m1/s1. The lowest BCUT2D eigenvalue weighted by Crippen LogP contribution is -2.28. The molecule has 2 aromatic carbocycles. The third-order valence-corrected chi connectivity index (χ3v) is 4.52. The second-order valence-electron chi connectivity index (χ2n) is 6.99. The van der Waals surface area contributed by atoms with Gasteiger partial charge in [-0.2, -0.15) is 0 Å². The number of carbonyl (C=O) groups excluding carboxylic acids is 1. The predicted molar refractivity (Wildman–Crippen MR) is 111 cm³/mol. The number of hydrogen-bond donors (Lipinski definition) is 1. The summed E-state index contributed by atoms with van der Waals surface area (Å²) in [7, 11) is 0. The maximum atomic E-state index is 12.3. The highest BCUT2D eigenvalue weighted by Crippen LogP contribution is 2.35. The smallest absolute Gasteiger partial charge is 0.258 e. The van der Waals surface area contributed by atoms with Gasteiger partial charge in [0.05, 0.1) is 13.2 Å². The van der Waals surface area contributed by atoms with Gasteiger partial charge in [-0.1, -0.05) is 19.1 Å². The summed E-state index contributed by atoms with van der Waals surface area (Å²) in [6.45, 7) is 7.45. The van der Waals surface area contributed by atoms with E-state index in [9.17, 15) is 4.79 Å². The van der Waals surface area contributed by atoms with Crippen molar-refractivity contribution in [1.29, 1.82) is 0 Å². The molecular formula is C23H29NO5. The van der Waals surface area contributed by atoms with Gasteiger partial charge in [0, 0.05) is 24.1 Å². The third kappa shape index (κ3) is 5.56. The Labute approximate surface area is 172 Å². The predicted octanol–water partition coefficient (Wildman–Crippen LogP) is 3.89. The van der Waals surface area contributed by atoms with Crippen molar-refractivity contribution >= 4 is 5.91 Å². The molecule has 1 aliphatic heterocycles. The van der Waals surface area contributed by atoms with Gasteiger partial charge in [-0.05, 0) is 44.5 Å². The first-order valence-electron chi connectivity index (χ1n) is 10.2. The van der Waals surface area contributed by atoms with Crippen LogP contribution in [0.2, 0.25) is 0 Å². The van der Waals surface area contributed by atoms with Gasteiger partial charge in [-0.25, -0.2) is 0 Å². The summed E-state index contributed by atoms with van der Waals surface area (Å²) < 4.78 is 22.9. The van der Waals surface area contributed by atoms with Gasteiger partial charge >= 0.3 is 0 Å². The molecule has 0 spiro atoms. The number of ether oxygens (including phenoxy) is 4. The zero-order chi connectivity index (χ0) is 20.6. The van der Waals surface area contributed by atoms with Crippen molar-refractivity contribution in [3.05, 3.63) is 47.5 Å². The molecule has 0 radical (unpaired) electrons. The van der Waals surface area contributed by atoms with Crippen LogP contribution in [0, 0.1) is 0 Å². The second-order valence-corrected chi connectivity index (χ2v) is 6.99. The summed E-state index contributed by atoms with van der Waals surface area (Å²) in [5.41, 5.74) is 2.03. The van der Waals surface area contributed by atoms with E-state index in [2.05, 4.69) is 5.32 Å². The Balaban J connectivity index is 1.58. The van der Waals surface area contributed by atoms with Crippen LogP contribution in [0.3, 0.4) is 0 Å². The Morgan fingerprint density at radius 1 is 1.10 bits per heavy atom. The molecule has 1 heterocycles. The SMILES string of the molecule is CCCOc1ccccc1OCC(=O)NCc1cc2c(cc1OCC)C[C@@H](C)O2. The lowest BCUT2D eigenvalue weighted by Gasteiger charge is -2.14. The molecule has 6 nitrogen and oxygen atoms in total. The Bertz CT molecular complexity index is 836.